The third-order valence-electron chi connectivity index (χ3n) is 3.14. The normalized spacial score (nSPS) is 15.6. The van der Waals surface area contributed by atoms with Crippen LogP contribution in [0.5, 0.6) is 0 Å². The minimum Gasteiger partial charge on any atom is -0.337 e. The molecule has 1 aromatic carbocycles. The molecule has 2 N–H and O–H groups in total. The van der Waals surface area contributed by atoms with Crippen LogP contribution < -0.4 is 10.0 Å². The Morgan fingerprint density at radius 2 is 2.05 bits per heavy atom. The van der Waals surface area contributed by atoms with Crippen LogP contribution in [-0.2, 0) is 10.0 Å². The van der Waals surface area contributed by atoms with Crippen LogP contribution in [0.4, 0.5) is 10.1 Å². The maximum atomic E-state index is 13.6. The number of rotatable bonds is 3. The highest BCUT2D eigenvalue weighted by Gasteiger charge is 2.19. The van der Waals surface area contributed by atoms with Gasteiger partial charge < -0.3 is 10.2 Å². The highest BCUT2D eigenvalue weighted by Crippen LogP contribution is 2.18. The van der Waals surface area contributed by atoms with Gasteiger partial charge in [0.05, 0.1) is 11.9 Å². The van der Waals surface area contributed by atoms with E-state index in [4.69, 9.17) is 0 Å². The molecular weight excluding hydrogens is 333 g/mol. The maximum Gasteiger partial charge on any atom is 0.253 e. The first-order valence-corrected chi connectivity index (χ1v) is 8.53. The van der Waals surface area contributed by atoms with E-state index >= 15 is 0 Å². The largest absolute Gasteiger partial charge is 0.337 e. The highest BCUT2D eigenvalue weighted by atomic mass is 35.5. The number of benzene rings is 1. The highest BCUT2D eigenvalue weighted by molar-refractivity contribution is 7.92. The van der Waals surface area contributed by atoms with Gasteiger partial charge in [0.2, 0.25) is 10.0 Å². The molecular formula is C13H19ClFN3O3S. The number of hydrogen-bond acceptors (Lipinski definition) is 4. The number of carbonyl (C=O) groups is 1. The average molecular weight is 352 g/mol. The standard InChI is InChI=1S/C13H18FN3O3S.ClH/c1-21(19,20)16-12-9-10(3-4-11(12)14)13(18)17-7-2-5-15-6-8-17;/h3-4,9,15-16H,2,5-8H2,1H3;1H. The Bertz CT molecular complexity index is 631. The lowest BCUT2D eigenvalue weighted by Crippen LogP contribution is -2.34. The van der Waals surface area contributed by atoms with Crippen molar-refractivity contribution in [2.24, 2.45) is 0 Å². The van der Waals surface area contributed by atoms with Crippen LogP contribution in [0.1, 0.15) is 16.8 Å². The summed E-state index contributed by atoms with van der Waals surface area (Å²) in [6, 6.07) is 3.69. The molecule has 0 unspecified atom stereocenters. The van der Waals surface area contributed by atoms with Crippen molar-refractivity contribution in [3.05, 3.63) is 29.6 Å². The zero-order valence-corrected chi connectivity index (χ0v) is 13.8. The first-order chi connectivity index (χ1) is 9.87. The minimum absolute atomic E-state index is 0. The van der Waals surface area contributed by atoms with Gasteiger partial charge in [0, 0.05) is 25.2 Å². The Balaban J connectivity index is 0.00000242. The van der Waals surface area contributed by atoms with Crippen LogP contribution in [-0.4, -0.2) is 51.7 Å². The van der Waals surface area contributed by atoms with E-state index in [1.54, 1.807) is 4.90 Å². The molecule has 2 rings (SSSR count). The summed E-state index contributed by atoms with van der Waals surface area (Å²) in [5.41, 5.74) is 0.0562. The second kappa shape index (κ2) is 7.75. The summed E-state index contributed by atoms with van der Waals surface area (Å²) in [6.07, 6.45) is 1.78. The Morgan fingerprint density at radius 1 is 1.32 bits per heavy atom. The number of sulfonamides is 1. The monoisotopic (exact) mass is 351 g/mol. The maximum absolute atomic E-state index is 13.6. The molecule has 6 nitrogen and oxygen atoms in total. The van der Waals surface area contributed by atoms with E-state index in [2.05, 4.69) is 10.0 Å². The molecule has 0 aromatic heterocycles. The van der Waals surface area contributed by atoms with Gasteiger partial charge in [-0.1, -0.05) is 0 Å². The number of amides is 1. The van der Waals surface area contributed by atoms with Crippen LogP contribution >= 0.6 is 12.4 Å². The minimum atomic E-state index is -3.60. The second-order valence-electron chi connectivity index (χ2n) is 4.96. The fourth-order valence-corrected chi connectivity index (χ4v) is 2.72. The molecule has 1 aliphatic rings. The molecule has 0 bridgehead atoms. The molecule has 1 fully saturated rings. The molecule has 0 radical (unpaired) electrons. The summed E-state index contributed by atoms with van der Waals surface area (Å²) >= 11 is 0. The van der Waals surface area contributed by atoms with Gasteiger partial charge in [-0.05, 0) is 31.2 Å². The molecule has 1 amide bonds. The predicted octanol–water partition coefficient (Wildman–Crippen LogP) is 1.05. The number of nitrogens with one attached hydrogen (secondary N) is 2. The fraction of sp³-hybridized carbons (Fsp3) is 0.462. The topological polar surface area (TPSA) is 78.5 Å². The zero-order chi connectivity index (χ0) is 15.5. The Labute approximate surface area is 135 Å². The van der Waals surface area contributed by atoms with Crippen LogP contribution in [0, 0.1) is 5.82 Å². The number of hydrogen-bond donors (Lipinski definition) is 2. The van der Waals surface area contributed by atoms with Crippen molar-refractivity contribution in [1.82, 2.24) is 10.2 Å². The third kappa shape index (κ3) is 5.11. The quantitative estimate of drug-likeness (QED) is 0.853. The fourth-order valence-electron chi connectivity index (χ4n) is 2.17. The third-order valence-corrected chi connectivity index (χ3v) is 3.73. The van der Waals surface area contributed by atoms with Gasteiger partial charge in [0.1, 0.15) is 5.82 Å². The second-order valence-corrected chi connectivity index (χ2v) is 6.71. The molecule has 124 valence electrons. The molecule has 1 aliphatic heterocycles. The van der Waals surface area contributed by atoms with Gasteiger partial charge in [-0.15, -0.1) is 12.4 Å². The van der Waals surface area contributed by atoms with Gasteiger partial charge in [-0.25, -0.2) is 12.8 Å². The van der Waals surface area contributed by atoms with Crippen molar-refractivity contribution in [2.45, 2.75) is 6.42 Å². The van der Waals surface area contributed by atoms with Crippen molar-refractivity contribution < 1.29 is 17.6 Å². The molecule has 0 saturated carbocycles. The number of halogens is 2. The van der Waals surface area contributed by atoms with Crippen LogP contribution in [0.2, 0.25) is 0 Å². The van der Waals surface area contributed by atoms with Crippen molar-refractivity contribution in [2.75, 3.05) is 37.2 Å². The van der Waals surface area contributed by atoms with E-state index in [-0.39, 0.29) is 29.6 Å². The van der Waals surface area contributed by atoms with E-state index in [9.17, 15) is 17.6 Å². The average Bonchev–Trinajstić information content (AvgIpc) is 2.68. The predicted molar refractivity (Wildman–Crippen MR) is 85.5 cm³/mol. The van der Waals surface area contributed by atoms with Crippen molar-refractivity contribution in [1.29, 1.82) is 0 Å². The first-order valence-electron chi connectivity index (χ1n) is 6.64. The number of anilines is 1. The zero-order valence-electron chi connectivity index (χ0n) is 12.1. The van der Waals surface area contributed by atoms with Gasteiger partial charge in [-0.2, -0.15) is 0 Å². The van der Waals surface area contributed by atoms with E-state index in [1.807, 2.05) is 0 Å². The van der Waals surface area contributed by atoms with Gasteiger partial charge >= 0.3 is 0 Å². The van der Waals surface area contributed by atoms with E-state index in [0.29, 0.717) is 19.6 Å². The summed E-state index contributed by atoms with van der Waals surface area (Å²) in [4.78, 5) is 14.1. The van der Waals surface area contributed by atoms with Crippen molar-refractivity contribution in [3.63, 3.8) is 0 Å². The SMILES string of the molecule is CS(=O)(=O)Nc1cc(C(=O)N2CCCNCC2)ccc1F.Cl. The Morgan fingerprint density at radius 3 is 2.73 bits per heavy atom. The van der Waals surface area contributed by atoms with E-state index < -0.39 is 15.8 Å². The summed E-state index contributed by atoms with van der Waals surface area (Å²) in [5, 5.41) is 3.19. The lowest BCUT2D eigenvalue weighted by molar-refractivity contribution is 0.0766. The number of carbonyl (C=O) groups excluding carboxylic acids is 1. The van der Waals surface area contributed by atoms with Crippen molar-refractivity contribution >= 4 is 34.0 Å². The molecule has 1 heterocycles. The Hall–Kier alpha value is -1.38. The molecule has 0 spiro atoms. The molecule has 1 aromatic rings. The van der Waals surface area contributed by atoms with Crippen LogP contribution in [0.25, 0.3) is 0 Å². The summed E-state index contributed by atoms with van der Waals surface area (Å²) in [7, 11) is -3.60. The smallest absolute Gasteiger partial charge is 0.253 e. The molecule has 22 heavy (non-hydrogen) atoms. The lowest BCUT2D eigenvalue weighted by atomic mass is 10.1. The molecule has 9 heteroatoms. The summed E-state index contributed by atoms with van der Waals surface area (Å²) < 4.78 is 38.1. The Kier molecular flexibility index (Phi) is 6.58. The van der Waals surface area contributed by atoms with Crippen LogP contribution in [0.3, 0.4) is 0 Å². The van der Waals surface area contributed by atoms with E-state index in [1.165, 1.54) is 12.1 Å². The first kappa shape index (κ1) is 18.7. The van der Waals surface area contributed by atoms with Crippen molar-refractivity contribution in [3.8, 4) is 0 Å². The molecule has 0 atom stereocenters. The summed E-state index contributed by atoms with van der Waals surface area (Å²) in [6.45, 7) is 2.76. The lowest BCUT2D eigenvalue weighted by Gasteiger charge is -2.20. The van der Waals surface area contributed by atoms with Gasteiger partial charge in [-0.3, -0.25) is 9.52 Å². The molecule has 1 saturated heterocycles. The molecule has 0 aliphatic carbocycles. The van der Waals surface area contributed by atoms with Gasteiger partial charge in [0.15, 0.2) is 0 Å². The summed E-state index contributed by atoms with van der Waals surface area (Å²) in [5.74, 6) is -0.940. The van der Waals surface area contributed by atoms with Crippen LogP contribution in [0.15, 0.2) is 18.2 Å². The number of nitrogens with zero attached hydrogens (tertiary/aromatic N) is 1. The van der Waals surface area contributed by atoms with E-state index in [0.717, 1.165) is 25.3 Å². The van der Waals surface area contributed by atoms with Gasteiger partial charge in [0.25, 0.3) is 5.91 Å².